The van der Waals surface area contributed by atoms with Crippen LogP contribution >= 0.6 is 0 Å². The van der Waals surface area contributed by atoms with Crippen molar-refractivity contribution in [1.82, 2.24) is 0 Å². The fourth-order valence-corrected chi connectivity index (χ4v) is 7.33. The van der Waals surface area contributed by atoms with E-state index in [-0.39, 0.29) is 31.1 Å². The number of carbonyl (C=O) groups excluding carboxylic acids is 3. The molecule has 0 aromatic rings. The van der Waals surface area contributed by atoms with E-state index in [2.05, 4.69) is 27.7 Å². The van der Waals surface area contributed by atoms with Crippen LogP contribution in [-0.4, -0.2) is 37.2 Å². The highest BCUT2D eigenvalue weighted by molar-refractivity contribution is 5.71. The first-order valence-electron chi connectivity index (χ1n) is 24.4. The van der Waals surface area contributed by atoms with Gasteiger partial charge in [-0.25, -0.2) is 0 Å². The fraction of sp³-hybridized carbons (Fsp3) is 0.939. The zero-order valence-electron chi connectivity index (χ0n) is 37.4. The van der Waals surface area contributed by atoms with Gasteiger partial charge in [-0.3, -0.25) is 14.4 Å². The predicted molar refractivity (Wildman–Crippen MR) is 233 cm³/mol. The first kappa shape index (κ1) is 53.4. The van der Waals surface area contributed by atoms with Crippen molar-refractivity contribution in [3.63, 3.8) is 0 Å². The lowest BCUT2D eigenvalue weighted by Gasteiger charge is -2.18. The maximum absolute atomic E-state index is 12.5. The first-order valence-corrected chi connectivity index (χ1v) is 24.4. The minimum absolute atomic E-state index is 0.0647. The van der Waals surface area contributed by atoms with Gasteiger partial charge in [0.15, 0.2) is 6.10 Å². The van der Waals surface area contributed by atoms with Crippen LogP contribution in [0.5, 0.6) is 0 Å². The third kappa shape index (κ3) is 43.4. The molecule has 0 bridgehead atoms. The van der Waals surface area contributed by atoms with Gasteiger partial charge >= 0.3 is 17.9 Å². The van der Waals surface area contributed by atoms with Gasteiger partial charge < -0.3 is 14.2 Å². The zero-order valence-corrected chi connectivity index (χ0v) is 37.4. The third-order valence-electron chi connectivity index (χ3n) is 11.0. The highest BCUT2D eigenvalue weighted by Gasteiger charge is 2.19. The number of hydrogen-bond acceptors (Lipinski definition) is 6. The minimum Gasteiger partial charge on any atom is -0.462 e. The first-order chi connectivity index (χ1) is 26.9. The summed E-state index contributed by atoms with van der Waals surface area (Å²) in [5, 5.41) is 0. The molecule has 0 fully saturated rings. The molecule has 0 aliphatic heterocycles. The molecule has 0 saturated heterocycles. The number of carbonyl (C=O) groups is 3. The third-order valence-corrected chi connectivity index (χ3v) is 11.0. The van der Waals surface area contributed by atoms with Crippen LogP contribution in [0.1, 0.15) is 272 Å². The average molecular weight is 779 g/mol. The van der Waals surface area contributed by atoms with E-state index in [4.69, 9.17) is 14.2 Å². The zero-order chi connectivity index (χ0) is 40.3. The highest BCUT2D eigenvalue weighted by Crippen LogP contribution is 2.17. The molecule has 55 heavy (non-hydrogen) atoms. The van der Waals surface area contributed by atoms with Gasteiger partial charge in [0, 0.05) is 19.3 Å². The van der Waals surface area contributed by atoms with E-state index in [1.54, 1.807) is 0 Å². The molecule has 0 aromatic heterocycles. The van der Waals surface area contributed by atoms with Crippen molar-refractivity contribution in [1.29, 1.82) is 0 Å². The molecule has 0 radical (unpaired) electrons. The number of ether oxygens (including phenoxy) is 3. The van der Waals surface area contributed by atoms with Gasteiger partial charge in [-0.2, -0.15) is 0 Å². The van der Waals surface area contributed by atoms with E-state index in [0.29, 0.717) is 19.3 Å². The van der Waals surface area contributed by atoms with Crippen LogP contribution in [0.15, 0.2) is 0 Å². The summed E-state index contributed by atoms with van der Waals surface area (Å²) < 4.78 is 16.6. The Morgan fingerprint density at radius 1 is 0.345 bits per heavy atom. The van der Waals surface area contributed by atoms with Crippen LogP contribution in [-0.2, 0) is 28.6 Å². The van der Waals surface area contributed by atoms with Crippen molar-refractivity contribution in [3.05, 3.63) is 0 Å². The Kier molecular flexibility index (Phi) is 42.3. The van der Waals surface area contributed by atoms with Gasteiger partial charge in [0.25, 0.3) is 0 Å². The van der Waals surface area contributed by atoms with Gasteiger partial charge in [-0.05, 0) is 25.2 Å². The van der Waals surface area contributed by atoms with E-state index in [1.165, 1.54) is 161 Å². The summed E-state index contributed by atoms with van der Waals surface area (Å²) in [7, 11) is 0. The highest BCUT2D eigenvalue weighted by atomic mass is 16.6. The lowest BCUT2D eigenvalue weighted by atomic mass is 10.0. The summed E-state index contributed by atoms with van der Waals surface area (Å²) in [6.07, 6.45) is 44.1. The Bertz CT molecular complexity index is 826. The van der Waals surface area contributed by atoms with Gasteiger partial charge in [-0.15, -0.1) is 0 Å². The molecule has 0 aromatic carbocycles. The summed E-state index contributed by atoms with van der Waals surface area (Å²) in [5.74, 6) is -0.00647. The van der Waals surface area contributed by atoms with E-state index in [9.17, 15) is 14.4 Å². The summed E-state index contributed by atoms with van der Waals surface area (Å²) in [6, 6.07) is 0. The number of rotatable bonds is 44. The molecule has 1 atom stereocenters. The molecule has 6 heteroatoms. The molecule has 0 heterocycles. The summed E-state index contributed by atoms with van der Waals surface area (Å²) >= 11 is 0. The maximum Gasteiger partial charge on any atom is 0.306 e. The molecule has 0 amide bonds. The van der Waals surface area contributed by atoms with Crippen LogP contribution in [0.4, 0.5) is 0 Å². The lowest BCUT2D eigenvalue weighted by molar-refractivity contribution is -0.167. The lowest BCUT2D eigenvalue weighted by Crippen LogP contribution is -2.30. The van der Waals surface area contributed by atoms with Crippen LogP contribution in [0, 0.1) is 5.92 Å². The van der Waals surface area contributed by atoms with Crippen molar-refractivity contribution in [3.8, 4) is 0 Å². The molecule has 0 aliphatic rings. The monoisotopic (exact) mass is 779 g/mol. The van der Waals surface area contributed by atoms with Crippen molar-refractivity contribution in [2.45, 2.75) is 278 Å². The second-order valence-corrected chi connectivity index (χ2v) is 17.2. The second kappa shape index (κ2) is 43.5. The van der Waals surface area contributed by atoms with Crippen LogP contribution in [0.2, 0.25) is 0 Å². The minimum atomic E-state index is -0.757. The normalized spacial score (nSPS) is 11.9. The SMILES string of the molecule is CCCCCCCCCCCCCC(=O)OC[C@H](COC(=O)CCCCCCCCCCCCCCCCCCCCC(C)C)OC(=O)CCCCCCC. The fourth-order valence-electron chi connectivity index (χ4n) is 7.33. The summed E-state index contributed by atoms with van der Waals surface area (Å²) in [6.45, 7) is 8.94. The quantitative estimate of drug-likeness (QED) is 0.0348. The predicted octanol–water partition coefficient (Wildman–Crippen LogP) is 15.5. The Labute approximate surface area is 342 Å². The van der Waals surface area contributed by atoms with Crippen molar-refractivity contribution < 1.29 is 28.6 Å². The number of unbranched alkanes of at least 4 members (excludes halogenated alkanes) is 31. The van der Waals surface area contributed by atoms with E-state index in [1.807, 2.05) is 0 Å². The molecule has 0 spiro atoms. The summed E-state index contributed by atoms with van der Waals surface area (Å²) in [5.41, 5.74) is 0. The molecule has 0 aliphatic carbocycles. The molecular formula is C49H94O6. The Balaban J connectivity index is 4.01. The smallest absolute Gasteiger partial charge is 0.306 e. The van der Waals surface area contributed by atoms with Gasteiger partial charge in [-0.1, -0.05) is 233 Å². The molecule has 326 valence electrons. The van der Waals surface area contributed by atoms with E-state index < -0.39 is 6.10 Å². The maximum atomic E-state index is 12.5. The Morgan fingerprint density at radius 2 is 0.600 bits per heavy atom. The van der Waals surface area contributed by atoms with Gasteiger partial charge in [0.1, 0.15) is 13.2 Å². The standard InChI is InChI=1S/C49H94O6/c1-5-7-9-11-12-13-22-26-29-33-36-40-47(50)53-43-46(55-49(52)42-38-31-10-8-6-2)44-54-48(51)41-37-34-30-27-24-21-19-17-15-14-16-18-20-23-25-28-32-35-39-45(3)4/h45-46H,5-44H2,1-4H3/t46-/m1/s1. The van der Waals surface area contributed by atoms with Crippen LogP contribution in [0.3, 0.4) is 0 Å². The second-order valence-electron chi connectivity index (χ2n) is 17.2. The topological polar surface area (TPSA) is 78.9 Å². The number of esters is 3. The van der Waals surface area contributed by atoms with E-state index >= 15 is 0 Å². The van der Waals surface area contributed by atoms with Crippen LogP contribution < -0.4 is 0 Å². The van der Waals surface area contributed by atoms with Gasteiger partial charge in [0.05, 0.1) is 0 Å². The van der Waals surface area contributed by atoms with E-state index in [0.717, 1.165) is 70.1 Å². The average Bonchev–Trinajstić information content (AvgIpc) is 3.17. The Morgan fingerprint density at radius 3 is 0.891 bits per heavy atom. The van der Waals surface area contributed by atoms with Crippen molar-refractivity contribution >= 4 is 17.9 Å². The molecule has 0 N–H and O–H groups in total. The Hall–Kier alpha value is -1.59. The number of hydrogen-bond donors (Lipinski definition) is 0. The molecule has 0 rings (SSSR count). The molecule has 0 saturated carbocycles. The molecule has 0 unspecified atom stereocenters. The van der Waals surface area contributed by atoms with Crippen molar-refractivity contribution in [2.24, 2.45) is 5.92 Å². The van der Waals surface area contributed by atoms with Crippen LogP contribution in [0.25, 0.3) is 0 Å². The van der Waals surface area contributed by atoms with Crippen molar-refractivity contribution in [2.75, 3.05) is 13.2 Å². The molecule has 6 nitrogen and oxygen atoms in total. The largest absolute Gasteiger partial charge is 0.462 e. The summed E-state index contributed by atoms with van der Waals surface area (Å²) in [4.78, 5) is 37.5. The molecular weight excluding hydrogens is 685 g/mol. The van der Waals surface area contributed by atoms with Gasteiger partial charge in [0.2, 0.25) is 0 Å².